The summed E-state index contributed by atoms with van der Waals surface area (Å²) in [4.78, 5) is 26.9. The van der Waals surface area contributed by atoms with Crippen LogP contribution in [0.5, 0.6) is 0 Å². The van der Waals surface area contributed by atoms with Gasteiger partial charge in [-0.1, -0.05) is 13.8 Å². The first-order valence-electron chi connectivity index (χ1n) is 11.1. The van der Waals surface area contributed by atoms with Crippen molar-refractivity contribution in [2.24, 2.45) is 14.1 Å². The molecule has 10 nitrogen and oxygen atoms in total. The third-order valence-electron chi connectivity index (χ3n) is 5.40. The van der Waals surface area contributed by atoms with E-state index < -0.39 is 0 Å². The standard InChI is InChI=1S/2C11H17N5/c2*1-5-6-8-14-10(12-3)9-11(15-8)16(4)7(2)13-9/h2*5-6H2,1-4H3,(H,12,14,15). The number of hydrogen-bond donors (Lipinski definition) is 2. The lowest BCUT2D eigenvalue weighted by Crippen LogP contribution is -2.02. The summed E-state index contributed by atoms with van der Waals surface area (Å²) < 4.78 is 3.99. The second kappa shape index (κ2) is 9.88. The predicted octanol–water partition coefficient (Wildman–Crippen LogP) is 3.33. The molecule has 172 valence electrons. The summed E-state index contributed by atoms with van der Waals surface area (Å²) in [6.45, 7) is 8.20. The van der Waals surface area contributed by atoms with Crippen molar-refractivity contribution >= 4 is 34.0 Å². The van der Waals surface area contributed by atoms with Crippen LogP contribution in [0.2, 0.25) is 0 Å². The molecule has 10 heteroatoms. The van der Waals surface area contributed by atoms with E-state index in [1.807, 2.05) is 51.2 Å². The van der Waals surface area contributed by atoms with Crippen LogP contribution in [0.25, 0.3) is 22.3 Å². The molecule has 0 bridgehead atoms. The molecule has 4 heterocycles. The smallest absolute Gasteiger partial charge is 0.165 e. The fraction of sp³-hybridized carbons (Fsp3) is 0.545. The Balaban J connectivity index is 0.000000181. The Morgan fingerprint density at radius 1 is 0.625 bits per heavy atom. The van der Waals surface area contributed by atoms with E-state index in [1.165, 1.54) is 0 Å². The highest BCUT2D eigenvalue weighted by Gasteiger charge is 2.13. The van der Waals surface area contributed by atoms with Crippen molar-refractivity contribution in [1.29, 1.82) is 0 Å². The van der Waals surface area contributed by atoms with Gasteiger partial charge in [0.15, 0.2) is 34.0 Å². The van der Waals surface area contributed by atoms with E-state index in [0.29, 0.717) is 0 Å². The summed E-state index contributed by atoms with van der Waals surface area (Å²) in [5.41, 5.74) is 3.50. The molecule has 4 aromatic heterocycles. The molecule has 0 spiro atoms. The molecule has 0 saturated heterocycles. The Kier molecular flexibility index (Phi) is 7.22. The molecule has 0 aliphatic carbocycles. The fourth-order valence-corrected chi connectivity index (χ4v) is 3.45. The first kappa shape index (κ1) is 23.4. The molecule has 0 amide bonds. The lowest BCUT2D eigenvalue weighted by atomic mass is 10.3. The van der Waals surface area contributed by atoms with Crippen LogP contribution < -0.4 is 10.6 Å². The van der Waals surface area contributed by atoms with Gasteiger partial charge < -0.3 is 19.8 Å². The third kappa shape index (κ3) is 4.49. The Morgan fingerprint density at radius 2 is 1.00 bits per heavy atom. The van der Waals surface area contributed by atoms with Crippen LogP contribution in [0.4, 0.5) is 11.6 Å². The minimum absolute atomic E-state index is 0.817. The number of aromatic nitrogens is 8. The molecule has 0 fully saturated rings. The number of aryl methyl sites for hydroxylation is 6. The number of fused-ring (bicyclic) bond motifs is 2. The summed E-state index contributed by atoms with van der Waals surface area (Å²) in [7, 11) is 7.68. The maximum atomic E-state index is 4.54. The highest BCUT2D eigenvalue weighted by atomic mass is 15.2. The third-order valence-corrected chi connectivity index (χ3v) is 5.40. The van der Waals surface area contributed by atoms with Gasteiger partial charge in [-0.15, -0.1) is 0 Å². The number of imidazole rings is 2. The zero-order chi connectivity index (χ0) is 23.4. The van der Waals surface area contributed by atoms with E-state index in [2.05, 4.69) is 54.4 Å². The van der Waals surface area contributed by atoms with Crippen molar-refractivity contribution in [2.45, 2.75) is 53.4 Å². The molecular weight excluding hydrogens is 404 g/mol. The lowest BCUT2D eigenvalue weighted by molar-refractivity contribution is 0.824. The second-order valence-corrected chi connectivity index (χ2v) is 7.76. The van der Waals surface area contributed by atoms with Crippen molar-refractivity contribution in [3.63, 3.8) is 0 Å². The molecule has 0 atom stereocenters. The molecule has 2 N–H and O–H groups in total. The first-order chi connectivity index (χ1) is 15.3. The van der Waals surface area contributed by atoms with Crippen LogP contribution in [0.1, 0.15) is 50.0 Å². The van der Waals surface area contributed by atoms with E-state index in [-0.39, 0.29) is 0 Å². The van der Waals surface area contributed by atoms with Gasteiger partial charge in [-0.25, -0.2) is 29.9 Å². The zero-order valence-electron chi connectivity index (χ0n) is 20.4. The molecule has 0 radical (unpaired) electrons. The molecule has 0 aromatic carbocycles. The quantitative estimate of drug-likeness (QED) is 0.471. The molecular formula is C22H34N10. The van der Waals surface area contributed by atoms with Crippen LogP contribution in [0, 0.1) is 13.8 Å². The molecule has 32 heavy (non-hydrogen) atoms. The predicted molar refractivity (Wildman–Crippen MR) is 129 cm³/mol. The molecule has 4 rings (SSSR count). The second-order valence-electron chi connectivity index (χ2n) is 7.76. The maximum absolute atomic E-state index is 4.54. The van der Waals surface area contributed by atoms with Gasteiger partial charge in [-0.2, -0.15) is 0 Å². The lowest BCUT2D eigenvalue weighted by Gasteiger charge is -2.04. The van der Waals surface area contributed by atoms with Gasteiger partial charge in [-0.05, 0) is 26.7 Å². The van der Waals surface area contributed by atoms with Crippen LogP contribution in [0.15, 0.2) is 0 Å². The SMILES string of the molecule is CCCc1nc(NC)c2nc(C)n(C)c2n1.CCCc1nc(NC)c2nc(C)n(C)c2n1. The summed E-state index contributed by atoms with van der Waals surface area (Å²) in [5.74, 6) is 5.29. The van der Waals surface area contributed by atoms with E-state index >= 15 is 0 Å². The minimum Gasteiger partial charge on any atom is -0.371 e. The number of hydrogen-bond acceptors (Lipinski definition) is 8. The van der Waals surface area contributed by atoms with Gasteiger partial charge in [-0.3, -0.25) is 0 Å². The van der Waals surface area contributed by atoms with Crippen molar-refractivity contribution in [3.05, 3.63) is 23.3 Å². The maximum Gasteiger partial charge on any atom is 0.165 e. The molecule has 0 aliphatic rings. The zero-order valence-corrected chi connectivity index (χ0v) is 20.4. The van der Waals surface area contributed by atoms with Gasteiger partial charge in [0.25, 0.3) is 0 Å². The molecule has 0 unspecified atom stereocenters. The number of nitrogens with one attached hydrogen (secondary N) is 2. The van der Waals surface area contributed by atoms with E-state index in [0.717, 1.165) is 82.9 Å². The Hall–Kier alpha value is -3.30. The van der Waals surface area contributed by atoms with Crippen LogP contribution in [-0.2, 0) is 26.9 Å². The van der Waals surface area contributed by atoms with Crippen molar-refractivity contribution in [1.82, 2.24) is 39.0 Å². The Labute approximate surface area is 188 Å². The first-order valence-corrected chi connectivity index (χ1v) is 11.1. The van der Waals surface area contributed by atoms with Crippen molar-refractivity contribution < 1.29 is 0 Å². The molecule has 0 saturated carbocycles. The summed E-state index contributed by atoms with van der Waals surface area (Å²) in [6, 6.07) is 0. The Morgan fingerprint density at radius 3 is 1.31 bits per heavy atom. The van der Waals surface area contributed by atoms with E-state index in [4.69, 9.17) is 0 Å². The largest absolute Gasteiger partial charge is 0.371 e. The van der Waals surface area contributed by atoms with Gasteiger partial charge >= 0.3 is 0 Å². The van der Waals surface area contributed by atoms with E-state index in [9.17, 15) is 0 Å². The van der Waals surface area contributed by atoms with Gasteiger partial charge in [0, 0.05) is 41.0 Å². The van der Waals surface area contributed by atoms with E-state index in [1.54, 1.807) is 0 Å². The molecule has 4 aromatic rings. The number of rotatable bonds is 6. The number of anilines is 2. The van der Waals surface area contributed by atoms with Crippen molar-refractivity contribution in [2.75, 3.05) is 24.7 Å². The fourth-order valence-electron chi connectivity index (χ4n) is 3.45. The summed E-state index contributed by atoms with van der Waals surface area (Å²) in [5, 5.41) is 6.16. The molecule has 0 aliphatic heterocycles. The normalized spacial score (nSPS) is 11.0. The van der Waals surface area contributed by atoms with Crippen LogP contribution in [-0.4, -0.2) is 53.1 Å². The highest BCUT2D eigenvalue weighted by molar-refractivity contribution is 5.84. The minimum atomic E-state index is 0.817. The topological polar surface area (TPSA) is 111 Å². The van der Waals surface area contributed by atoms with Crippen LogP contribution >= 0.6 is 0 Å². The number of nitrogens with zero attached hydrogens (tertiary/aromatic N) is 8. The van der Waals surface area contributed by atoms with Crippen molar-refractivity contribution in [3.8, 4) is 0 Å². The Bertz CT molecular complexity index is 1130. The monoisotopic (exact) mass is 438 g/mol. The summed E-state index contributed by atoms with van der Waals surface area (Å²) in [6.07, 6.45) is 3.89. The van der Waals surface area contributed by atoms with Gasteiger partial charge in [0.2, 0.25) is 0 Å². The average molecular weight is 439 g/mol. The summed E-state index contributed by atoms with van der Waals surface area (Å²) >= 11 is 0. The highest BCUT2D eigenvalue weighted by Crippen LogP contribution is 2.21. The van der Waals surface area contributed by atoms with Gasteiger partial charge in [0.1, 0.15) is 23.3 Å². The average Bonchev–Trinajstić information content (AvgIpc) is 3.23. The van der Waals surface area contributed by atoms with Crippen LogP contribution in [0.3, 0.4) is 0 Å². The van der Waals surface area contributed by atoms with Gasteiger partial charge in [0.05, 0.1) is 0 Å².